The van der Waals surface area contributed by atoms with Gasteiger partial charge in [0, 0.05) is 14.1 Å². The Morgan fingerprint density at radius 1 is 1.29 bits per heavy atom. The number of benzene rings is 1. The molecule has 0 fully saturated rings. The Bertz CT molecular complexity index is 1250. The Morgan fingerprint density at radius 2 is 2.00 bits per heavy atom. The van der Waals surface area contributed by atoms with Crippen molar-refractivity contribution in [3.63, 3.8) is 0 Å². The molecule has 168 valence electrons. The van der Waals surface area contributed by atoms with Crippen molar-refractivity contribution >= 4 is 38.9 Å². The van der Waals surface area contributed by atoms with E-state index in [2.05, 4.69) is 15.8 Å². The van der Waals surface area contributed by atoms with Gasteiger partial charge in [0.15, 0.2) is 10.3 Å². The van der Waals surface area contributed by atoms with Crippen molar-refractivity contribution in [2.24, 2.45) is 0 Å². The second-order valence-electron chi connectivity index (χ2n) is 6.91. The van der Waals surface area contributed by atoms with E-state index in [1.54, 1.807) is 0 Å². The molecule has 4 N–H and O–H groups in total. The van der Waals surface area contributed by atoms with Crippen LogP contribution in [0.1, 0.15) is 30.9 Å². The average Bonchev–Trinajstić information content (AvgIpc) is 3.28. The van der Waals surface area contributed by atoms with Crippen LogP contribution >= 0.6 is 11.6 Å². The van der Waals surface area contributed by atoms with E-state index in [0.29, 0.717) is 12.2 Å². The minimum absolute atomic E-state index is 0.0610. The molecule has 1 aromatic carbocycles. The fourth-order valence-electron chi connectivity index (χ4n) is 2.87. The first kappa shape index (κ1) is 22.7. The molecule has 13 heteroatoms. The summed E-state index contributed by atoms with van der Waals surface area (Å²) in [6.45, 7) is 3.75. The van der Waals surface area contributed by atoms with E-state index in [1.165, 1.54) is 26.2 Å². The molecule has 0 bridgehead atoms. The highest BCUT2D eigenvalue weighted by Crippen LogP contribution is 2.39. The van der Waals surface area contributed by atoms with Crippen LogP contribution < -0.4 is 15.2 Å². The van der Waals surface area contributed by atoms with Crippen molar-refractivity contribution in [1.29, 1.82) is 0 Å². The zero-order chi connectivity index (χ0) is 22.9. The smallest absolute Gasteiger partial charge is 0.371 e. The number of phenolic OH excluding ortho intramolecular Hbond substituents is 1. The summed E-state index contributed by atoms with van der Waals surface area (Å²) in [4.78, 5) is 11.7. The SMILES string of the molecule is CC[C@@H](Nc1[nH]o[n+](=O)c1Nc1ccc(Cl)c(S(=O)(=O)N(C)C)c1O)c1ccc(C)o1. The number of rotatable bonds is 8. The quantitative estimate of drug-likeness (QED) is 0.365. The van der Waals surface area contributed by atoms with Crippen LogP contribution in [0.4, 0.5) is 17.3 Å². The summed E-state index contributed by atoms with van der Waals surface area (Å²) in [6.07, 6.45) is 0.627. The van der Waals surface area contributed by atoms with Crippen LogP contribution in [0.2, 0.25) is 5.02 Å². The topological polar surface area (TPSA) is 147 Å². The molecule has 0 aliphatic rings. The molecule has 0 spiro atoms. The molecule has 11 nitrogen and oxygen atoms in total. The molecule has 2 aromatic heterocycles. The predicted molar refractivity (Wildman–Crippen MR) is 114 cm³/mol. The summed E-state index contributed by atoms with van der Waals surface area (Å²) in [5, 5.41) is 18.7. The number of aromatic hydroxyl groups is 1. The van der Waals surface area contributed by atoms with Gasteiger partial charge in [0.25, 0.3) is 5.82 Å². The maximum atomic E-state index is 12.5. The number of aromatic nitrogens is 2. The Morgan fingerprint density at radius 3 is 2.58 bits per heavy atom. The lowest BCUT2D eigenvalue weighted by atomic mass is 10.2. The van der Waals surface area contributed by atoms with Gasteiger partial charge in [-0.25, -0.2) is 12.7 Å². The third-order valence-corrected chi connectivity index (χ3v) is 6.87. The second kappa shape index (κ2) is 8.65. The highest BCUT2D eigenvalue weighted by Gasteiger charge is 2.30. The van der Waals surface area contributed by atoms with Gasteiger partial charge in [-0.15, -0.1) is 4.63 Å². The number of hydrogen-bond acceptors (Lipinski definition) is 8. The number of hydrogen-bond donors (Lipinski definition) is 4. The Labute approximate surface area is 183 Å². The van der Waals surface area contributed by atoms with Gasteiger partial charge in [0.2, 0.25) is 10.0 Å². The maximum Gasteiger partial charge on any atom is 0.371 e. The lowest BCUT2D eigenvalue weighted by molar-refractivity contribution is -0.701. The maximum absolute atomic E-state index is 12.5. The summed E-state index contributed by atoms with van der Waals surface area (Å²) >= 11 is 6.02. The standard InChI is InChI=1S/C18H22ClN5O6S/c1-5-12(14-9-6-10(2)29-14)20-17-18(24(26)30-22-17)21-13-8-7-11(19)16(15(13)25)31(27,28)23(3)4/h6-9,12,21H,5H2,1-4H3,(H2-,20,22,25,26)/p+1/t12-/m1/s1. The summed E-state index contributed by atoms with van der Waals surface area (Å²) in [7, 11) is -1.43. The highest BCUT2D eigenvalue weighted by atomic mass is 35.5. The zero-order valence-electron chi connectivity index (χ0n) is 17.3. The third kappa shape index (κ3) is 4.40. The van der Waals surface area contributed by atoms with Crippen molar-refractivity contribution in [3.8, 4) is 5.75 Å². The molecule has 0 unspecified atom stereocenters. The lowest BCUT2D eigenvalue weighted by Gasteiger charge is -2.15. The first-order valence-corrected chi connectivity index (χ1v) is 11.1. The van der Waals surface area contributed by atoms with Crippen LogP contribution in [0, 0.1) is 11.8 Å². The molecule has 0 radical (unpaired) electrons. The number of furan rings is 1. The first-order chi connectivity index (χ1) is 14.6. The number of aryl methyl sites for hydroxylation is 1. The summed E-state index contributed by atoms with van der Waals surface area (Å²) in [5.41, 5.74) is -0.0610. The van der Waals surface area contributed by atoms with Gasteiger partial charge in [-0.1, -0.05) is 23.7 Å². The van der Waals surface area contributed by atoms with Crippen molar-refractivity contribution in [2.75, 3.05) is 24.7 Å². The van der Waals surface area contributed by atoms with Crippen LogP contribution in [0.15, 0.2) is 38.2 Å². The van der Waals surface area contributed by atoms with Crippen LogP contribution in [0.3, 0.4) is 0 Å². The summed E-state index contributed by atoms with van der Waals surface area (Å²) in [5.74, 6) is 0.799. The number of halogens is 1. The van der Waals surface area contributed by atoms with Crippen molar-refractivity contribution in [3.05, 3.63) is 45.7 Å². The van der Waals surface area contributed by atoms with E-state index in [4.69, 9.17) is 20.6 Å². The van der Waals surface area contributed by atoms with E-state index in [1.807, 2.05) is 26.0 Å². The molecule has 0 aliphatic carbocycles. The molecule has 0 saturated carbocycles. The Balaban J connectivity index is 1.98. The molecular formula is C18H23ClN5O6S+. The third-order valence-electron chi connectivity index (χ3n) is 4.56. The van der Waals surface area contributed by atoms with Crippen LogP contribution in [-0.4, -0.2) is 37.1 Å². The minimum atomic E-state index is -4.05. The second-order valence-corrected chi connectivity index (χ2v) is 9.41. The highest BCUT2D eigenvalue weighted by molar-refractivity contribution is 7.89. The number of H-pyrrole nitrogens is 1. The van der Waals surface area contributed by atoms with Gasteiger partial charge in [-0.2, -0.15) is 0 Å². The minimum Gasteiger partial charge on any atom is -0.503 e. The molecule has 0 aliphatic heterocycles. The van der Waals surface area contributed by atoms with E-state index >= 15 is 0 Å². The zero-order valence-corrected chi connectivity index (χ0v) is 18.8. The number of nitrogens with one attached hydrogen (secondary N) is 3. The molecular weight excluding hydrogens is 450 g/mol. The fourth-order valence-corrected chi connectivity index (χ4v) is 4.35. The number of phenols is 1. The fraction of sp³-hybridized carbons (Fsp3) is 0.333. The molecule has 2 heterocycles. The van der Waals surface area contributed by atoms with Crippen LogP contribution in [0.5, 0.6) is 5.75 Å². The number of anilines is 3. The average molecular weight is 473 g/mol. The normalized spacial score (nSPS) is 12.8. The van der Waals surface area contributed by atoms with E-state index in [0.717, 1.165) is 10.1 Å². The molecule has 3 rings (SSSR count). The molecule has 0 amide bonds. The van der Waals surface area contributed by atoms with Gasteiger partial charge in [-0.05, 0) is 42.5 Å². The van der Waals surface area contributed by atoms with Gasteiger partial charge in [0.05, 0.1) is 11.1 Å². The molecule has 0 saturated heterocycles. The Hall–Kier alpha value is -2.96. The van der Waals surface area contributed by atoms with E-state index < -0.39 is 20.7 Å². The van der Waals surface area contributed by atoms with Gasteiger partial charge < -0.3 is 14.8 Å². The van der Waals surface area contributed by atoms with Crippen molar-refractivity contribution < 1.29 is 27.2 Å². The Kier molecular flexibility index (Phi) is 6.34. The van der Waals surface area contributed by atoms with Crippen LogP contribution in [0.25, 0.3) is 0 Å². The summed E-state index contributed by atoms with van der Waals surface area (Å²) in [6, 6.07) is 6.00. The van der Waals surface area contributed by atoms with E-state index in [-0.39, 0.29) is 33.0 Å². The monoisotopic (exact) mass is 472 g/mol. The van der Waals surface area contributed by atoms with Crippen molar-refractivity contribution in [2.45, 2.75) is 31.2 Å². The molecule has 31 heavy (non-hydrogen) atoms. The van der Waals surface area contributed by atoms with Crippen LogP contribution in [-0.2, 0) is 10.0 Å². The van der Waals surface area contributed by atoms with E-state index in [9.17, 15) is 18.4 Å². The summed E-state index contributed by atoms with van der Waals surface area (Å²) < 4.78 is 36.6. The largest absolute Gasteiger partial charge is 0.503 e. The van der Waals surface area contributed by atoms with Gasteiger partial charge in [-0.3, -0.25) is 5.32 Å². The van der Waals surface area contributed by atoms with Gasteiger partial charge in [0.1, 0.15) is 22.1 Å². The van der Waals surface area contributed by atoms with Crippen molar-refractivity contribution in [1.82, 2.24) is 9.46 Å². The predicted octanol–water partition coefficient (Wildman–Crippen LogP) is 3.34. The van der Waals surface area contributed by atoms with Gasteiger partial charge >= 0.3 is 5.82 Å². The number of sulfonamides is 1. The molecule has 3 aromatic rings. The number of nitrogens with zero attached hydrogens (tertiary/aromatic N) is 2. The number of aromatic amines is 1. The molecule has 1 atom stereocenters. The first-order valence-electron chi connectivity index (χ1n) is 9.24. The lowest BCUT2D eigenvalue weighted by Crippen LogP contribution is -2.23.